The summed E-state index contributed by atoms with van der Waals surface area (Å²) < 4.78 is 6.67. The van der Waals surface area contributed by atoms with Gasteiger partial charge in [-0.3, -0.25) is 14.2 Å². The van der Waals surface area contributed by atoms with Gasteiger partial charge in [0, 0.05) is 5.69 Å². The molecule has 0 radical (unpaired) electrons. The fraction of sp³-hybridized carbons (Fsp3) is 0.0690. The molecule has 0 spiro atoms. The number of fused-ring (bicyclic) bond motifs is 1. The van der Waals surface area contributed by atoms with Crippen molar-refractivity contribution < 1.29 is 9.53 Å². The fourth-order valence-electron chi connectivity index (χ4n) is 4.00. The number of halogens is 2. The van der Waals surface area contributed by atoms with Crippen molar-refractivity contribution in [2.75, 3.05) is 12.4 Å². The summed E-state index contributed by atoms with van der Waals surface area (Å²) in [6.45, 7) is 0. The predicted molar refractivity (Wildman–Crippen MR) is 154 cm³/mol. The van der Waals surface area contributed by atoms with Crippen LogP contribution in [0.1, 0.15) is 10.8 Å². The van der Waals surface area contributed by atoms with Gasteiger partial charge in [-0.25, -0.2) is 4.98 Å². The highest BCUT2D eigenvalue weighted by atomic mass is 35.5. The molecule has 0 bridgehead atoms. The van der Waals surface area contributed by atoms with Crippen LogP contribution in [0.3, 0.4) is 0 Å². The van der Waals surface area contributed by atoms with Gasteiger partial charge in [0.25, 0.3) is 5.56 Å². The van der Waals surface area contributed by atoms with Crippen LogP contribution in [-0.2, 0) is 4.79 Å². The Bertz CT molecular complexity index is 1690. The van der Waals surface area contributed by atoms with Crippen molar-refractivity contribution in [2.45, 2.75) is 10.4 Å². The zero-order valence-corrected chi connectivity index (χ0v) is 22.4. The number of ether oxygens (including phenoxy) is 1. The van der Waals surface area contributed by atoms with Crippen molar-refractivity contribution in [2.24, 2.45) is 0 Å². The van der Waals surface area contributed by atoms with Gasteiger partial charge in [0.2, 0.25) is 5.91 Å². The maximum atomic E-state index is 13.7. The zero-order chi connectivity index (χ0) is 26.6. The van der Waals surface area contributed by atoms with Gasteiger partial charge in [-0.15, -0.1) is 0 Å². The molecule has 0 fully saturated rings. The molecule has 6 nitrogen and oxygen atoms in total. The molecule has 1 amide bonds. The summed E-state index contributed by atoms with van der Waals surface area (Å²) in [7, 11) is 1.52. The number of rotatable bonds is 7. The summed E-state index contributed by atoms with van der Waals surface area (Å²) in [5.74, 6) is 0.193. The first-order valence-corrected chi connectivity index (χ1v) is 13.2. The third kappa shape index (κ3) is 5.27. The van der Waals surface area contributed by atoms with E-state index >= 15 is 0 Å². The minimum Gasteiger partial charge on any atom is -0.495 e. The summed E-state index contributed by atoms with van der Waals surface area (Å²) in [5, 5.41) is 3.73. The largest absolute Gasteiger partial charge is 0.495 e. The number of amides is 1. The Balaban J connectivity index is 1.62. The molecule has 1 N–H and O–H groups in total. The van der Waals surface area contributed by atoms with Crippen molar-refractivity contribution in [1.29, 1.82) is 0 Å². The Morgan fingerprint density at radius 1 is 0.921 bits per heavy atom. The highest BCUT2D eigenvalue weighted by molar-refractivity contribution is 8.00. The third-order valence-electron chi connectivity index (χ3n) is 5.82. The van der Waals surface area contributed by atoms with E-state index in [2.05, 4.69) is 5.32 Å². The van der Waals surface area contributed by atoms with Crippen molar-refractivity contribution in [3.05, 3.63) is 123 Å². The van der Waals surface area contributed by atoms with E-state index in [4.69, 9.17) is 32.9 Å². The fourth-order valence-corrected chi connectivity index (χ4v) is 5.58. The summed E-state index contributed by atoms with van der Waals surface area (Å²) in [5.41, 5.74) is 1.98. The van der Waals surface area contributed by atoms with Gasteiger partial charge in [0.15, 0.2) is 5.16 Å². The average molecular weight is 562 g/mol. The molecular weight excluding hydrogens is 541 g/mol. The van der Waals surface area contributed by atoms with Crippen LogP contribution >= 0.6 is 35.0 Å². The van der Waals surface area contributed by atoms with Gasteiger partial charge in [-0.1, -0.05) is 89.6 Å². The van der Waals surface area contributed by atoms with Crippen LogP contribution in [0.5, 0.6) is 5.75 Å². The van der Waals surface area contributed by atoms with Crippen LogP contribution in [0.2, 0.25) is 10.0 Å². The van der Waals surface area contributed by atoms with E-state index in [9.17, 15) is 9.59 Å². The molecule has 0 saturated carbocycles. The van der Waals surface area contributed by atoms with Crippen LogP contribution in [0.15, 0.2) is 107 Å². The number of hydrogen-bond donors (Lipinski definition) is 1. The molecule has 0 saturated heterocycles. The van der Waals surface area contributed by atoms with Crippen molar-refractivity contribution in [3.63, 3.8) is 0 Å². The maximum Gasteiger partial charge on any atom is 0.266 e. The van der Waals surface area contributed by atoms with Crippen molar-refractivity contribution >= 4 is 57.5 Å². The second kappa shape index (κ2) is 11.3. The molecule has 1 aromatic heterocycles. The monoisotopic (exact) mass is 561 g/mol. The molecule has 5 rings (SSSR count). The maximum absolute atomic E-state index is 13.7. The Hall–Kier alpha value is -3.78. The Morgan fingerprint density at radius 3 is 2.37 bits per heavy atom. The number of thioether (sulfide) groups is 1. The van der Waals surface area contributed by atoms with Crippen LogP contribution in [0, 0.1) is 0 Å². The van der Waals surface area contributed by atoms with Gasteiger partial charge in [-0.2, -0.15) is 0 Å². The van der Waals surface area contributed by atoms with Crippen molar-refractivity contribution in [3.8, 4) is 11.4 Å². The first-order valence-electron chi connectivity index (χ1n) is 11.6. The predicted octanol–water partition coefficient (Wildman–Crippen LogP) is 7.17. The second-order valence-corrected chi connectivity index (χ2v) is 10.1. The first kappa shape index (κ1) is 25.9. The lowest BCUT2D eigenvalue weighted by Crippen LogP contribution is -2.24. The molecule has 5 aromatic rings. The van der Waals surface area contributed by atoms with E-state index in [0.717, 1.165) is 17.3 Å². The minimum atomic E-state index is -0.751. The Kier molecular flexibility index (Phi) is 7.69. The van der Waals surface area contributed by atoms with E-state index in [1.54, 1.807) is 60.7 Å². The molecule has 38 heavy (non-hydrogen) atoms. The van der Waals surface area contributed by atoms with E-state index in [1.165, 1.54) is 11.7 Å². The van der Waals surface area contributed by atoms with Gasteiger partial charge in [0.1, 0.15) is 11.0 Å². The van der Waals surface area contributed by atoms with Gasteiger partial charge < -0.3 is 10.1 Å². The molecule has 4 aromatic carbocycles. The number of para-hydroxylation sites is 2. The third-order valence-corrected chi connectivity index (χ3v) is 7.64. The number of methoxy groups -OCH3 is 1. The highest BCUT2D eigenvalue weighted by Gasteiger charge is 2.26. The topological polar surface area (TPSA) is 73.2 Å². The summed E-state index contributed by atoms with van der Waals surface area (Å²) in [6.07, 6.45) is 0. The SMILES string of the molecule is COc1ccc(NC(=O)[C@@H](Sc2nc3ccccc3c(=O)n2-c2ccccc2Cl)c2ccccc2)cc1Cl. The van der Waals surface area contributed by atoms with Gasteiger partial charge in [-0.05, 0) is 48.0 Å². The number of carbonyl (C=O) groups excluding carboxylic acids is 1. The van der Waals surface area contributed by atoms with E-state index in [0.29, 0.717) is 43.2 Å². The average Bonchev–Trinajstić information content (AvgIpc) is 2.93. The van der Waals surface area contributed by atoms with Crippen LogP contribution in [0.4, 0.5) is 5.69 Å². The quantitative estimate of drug-likeness (QED) is 0.168. The smallest absolute Gasteiger partial charge is 0.266 e. The lowest BCUT2D eigenvalue weighted by Gasteiger charge is -2.20. The molecule has 0 aliphatic rings. The Morgan fingerprint density at radius 2 is 1.63 bits per heavy atom. The number of aromatic nitrogens is 2. The number of carbonyl (C=O) groups is 1. The van der Waals surface area contributed by atoms with Crippen LogP contribution in [-0.4, -0.2) is 22.6 Å². The lowest BCUT2D eigenvalue weighted by atomic mass is 10.1. The van der Waals surface area contributed by atoms with Crippen LogP contribution < -0.4 is 15.6 Å². The second-order valence-electron chi connectivity index (χ2n) is 8.25. The summed E-state index contributed by atoms with van der Waals surface area (Å²) >= 11 is 14.0. The number of nitrogens with zero attached hydrogens (tertiary/aromatic N) is 2. The summed E-state index contributed by atoms with van der Waals surface area (Å²) in [4.78, 5) is 32.2. The molecule has 190 valence electrons. The molecule has 0 aliphatic carbocycles. The van der Waals surface area contributed by atoms with Crippen LogP contribution in [0.25, 0.3) is 16.6 Å². The normalized spacial score (nSPS) is 11.8. The highest BCUT2D eigenvalue weighted by Crippen LogP contribution is 2.37. The number of anilines is 1. The number of benzene rings is 4. The van der Waals surface area contributed by atoms with E-state index in [-0.39, 0.29) is 11.5 Å². The Labute approximate surface area is 233 Å². The first-order chi connectivity index (χ1) is 18.5. The number of hydrogen-bond acceptors (Lipinski definition) is 5. The van der Waals surface area contributed by atoms with E-state index in [1.807, 2.05) is 36.4 Å². The molecular formula is C29H21Cl2N3O3S. The molecule has 1 atom stereocenters. The minimum absolute atomic E-state index is 0.277. The number of nitrogens with one attached hydrogen (secondary N) is 1. The van der Waals surface area contributed by atoms with Gasteiger partial charge >= 0.3 is 0 Å². The molecule has 0 unspecified atom stereocenters. The lowest BCUT2D eigenvalue weighted by molar-refractivity contribution is -0.115. The molecule has 1 heterocycles. The standard InChI is InChI=1S/C29H21Cl2N3O3S/c1-37-25-16-15-19(17-22(25)31)32-27(35)26(18-9-3-2-4-10-18)38-29-33-23-13-7-5-11-20(23)28(36)34(29)24-14-8-6-12-21(24)30/h2-17,26H,1H3,(H,32,35)/t26-/m0/s1. The summed E-state index contributed by atoms with van der Waals surface area (Å²) in [6, 6.07) is 28.5. The van der Waals surface area contributed by atoms with E-state index < -0.39 is 5.25 Å². The van der Waals surface area contributed by atoms with Gasteiger partial charge in [0.05, 0.1) is 33.7 Å². The van der Waals surface area contributed by atoms with Crippen molar-refractivity contribution in [1.82, 2.24) is 9.55 Å². The zero-order valence-electron chi connectivity index (χ0n) is 20.1. The molecule has 9 heteroatoms. The molecule has 0 aliphatic heterocycles.